The number of aliphatic imine (C=N–C) groups is 1. The van der Waals surface area contributed by atoms with Crippen molar-refractivity contribution in [3.05, 3.63) is 69.5 Å². The Hall–Kier alpha value is -1.85. The summed E-state index contributed by atoms with van der Waals surface area (Å²) in [6, 6.07) is 17.7. The number of rotatable bonds is 4. The number of nitrogens with zero attached hydrogens (tertiary/aromatic N) is 2. The molecular formula is C20H19BrN2OS. The van der Waals surface area contributed by atoms with E-state index in [1.54, 1.807) is 4.90 Å². The molecule has 2 aromatic carbocycles. The Morgan fingerprint density at radius 1 is 1.16 bits per heavy atom. The molecule has 128 valence electrons. The number of amides is 1. The zero-order valence-electron chi connectivity index (χ0n) is 14.1. The van der Waals surface area contributed by atoms with Gasteiger partial charge in [0.2, 0.25) is 0 Å². The molecule has 1 aliphatic rings. The number of halogens is 1. The summed E-state index contributed by atoms with van der Waals surface area (Å²) < 4.78 is 0.995. The molecule has 5 heteroatoms. The number of amidine groups is 1. The fraction of sp³-hybridized carbons (Fsp3) is 0.200. The quantitative estimate of drug-likeness (QED) is 0.600. The Labute approximate surface area is 161 Å². The lowest BCUT2D eigenvalue weighted by atomic mass is 10.2. The number of benzene rings is 2. The molecule has 1 heterocycles. The first-order valence-corrected chi connectivity index (χ1v) is 9.74. The maximum atomic E-state index is 12.9. The predicted molar refractivity (Wildman–Crippen MR) is 110 cm³/mol. The average molecular weight is 415 g/mol. The van der Waals surface area contributed by atoms with Gasteiger partial charge >= 0.3 is 0 Å². The summed E-state index contributed by atoms with van der Waals surface area (Å²) in [4.78, 5) is 20.0. The molecule has 1 amide bonds. The summed E-state index contributed by atoms with van der Waals surface area (Å²) in [6.45, 7) is 4.87. The fourth-order valence-electron chi connectivity index (χ4n) is 2.48. The Balaban J connectivity index is 1.95. The molecule has 3 rings (SSSR count). The van der Waals surface area contributed by atoms with Crippen molar-refractivity contribution in [2.24, 2.45) is 10.9 Å². The second kappa shape index (κ2) is 8.02. The first-order chi connectivity index (χ1) is 12.0. The topological polar surface area (TPSA) is 32.7 Å². The molecule has 0 N–H and O–H groups in total. The molecular weight excluding hydrogens is 396 g/mol. The summed E-state index contributed by atoms with van der Waals surface area (Å²) >= 11 is 4.91. The van der Waals surface area contributed by atoms with Gasteiger partial charge in [0.05, 0.1) is 10.6 Å². The van der Waals surface area contributed by atoms with Gasteiger partial charge in [-0.15, -0.1) is 0 Å². The van der Waals surface area contributed by atoms with E-state index in [1.807, 2.05) is 60.7 Å². The highest BCUT2D eigenvalue weighted by atomic mass is 79.9. The van der Waals surface area contributed by atoms with E-state index in [-0.39, 0.29) is 5.91 Å². The largest absolute Gasteiger partial charge is 0.286 e. The Bertz CT molecular complexity index is 831. The molecule has 1 fully saturated rings. The Kier molecular flexibility index (Phi) is 5.76. The third-order valence-corrected chi connectivity index (χ3v) is 5.06. The highest BCUT2D eigenvalue weighted by Crippen LogP contribution is 2.34. The van der Waals surface area contributed by atoms with Crippen molar-refractivity contribution in [2.45, 2.75) is 13.8 Å². The van der Waals surface area contributed by atoms with E-state index in [0.29, 0.717) is 17.4 Å². The van der Waals surface area contributed by atoms with Crippen molar-refractivity contribution < 1.29 is 4.79 Å². The second-order valence-electron chi connectivity index (χ2n) is 6.21. The van der Waals surface area contributed by atoms with Gasteiger partial charge in [-0.1, -0.05) is 60.1 Å². The van der Waals surface area contributed by atoms with Crippen LogP contribution in [0.15, 0.2) is 69.0 Å². The molecule has 25 heavy (non-hydrogen) atoms. The van der Waals surface area contributed by atoms with Crippen molar-refractivity contribution >= 4 is 50.5 Å². The maximum Gasteiger partial charge on any atom is 0.266 e. The molecule has 0 spiro atoms. The number of carbonyl (C=O) groups excluding carboxylic acids is 1. The van der Waals surface area contributed by atoms with E-state index >= 15 is 0 Å². The first kappa shape index (κ1) is 18.0. The van der Waals surface area contributed by atoms with Crippen LogP contribution in [-0.2, 0) is 4.79 Å². The lowest BCUT2D eigenvalue weighted by molar-refractivity contribution is -0.122. The van der Waals surface area contributed by atoms with E-state index in [1.165, 1.54) is 11.8 Å². The van der Waals surface area contributed by atoms with Crippen LogP contribution in [0.25, 0.3) is 6.08 Å². The lowest BCUT2D eigenvalue weighted by Gasteiger charge is -2.17. The van der Waals surface area contributed by atoms with Crippen molar-refractivity contribution in [1.29, 1.82) is 0 Å². The summed E-state index contributed by atoms with van der Waals surface area (Å²) in [5.41, 5.74) is 1.85. The standard InChI is InChI=1S/C20H19BrN2OS/c1-14(2)13-23-19(24)18(12-15-7-6-8-16(21)11-15)25-20(23)22-17-9-4-3-5-10-17/h3-12,14H,13H2,1-2H3/b18-12+,22-20?. The normalized spacial score (nSPS) is 17.9. The maximum absolute atomic E-state index is 12.9. The average Bonchev–Trinajstić information content (AvgIpc) is 2.84. The van der Waals surface area contributed by atoms with E-state index in [4.69, 9.17) is 0 Å². The molecule has 1 saturated heterocycles. The van der Waals surface area contributed by atoms with Crippen LogP contribution in [0.4, 0.5) is 5.69 Å². The van der Waals surface area contributed by atoms with Crippen LogP contribution in [0.1, 0.15) is 19.4 Å². The van der Waals surface area contributed by atoms with Gasteiger partial charge in [-0.2, -0.15) is 0 Å². The smallest absolute Gasteiger partial charge is 0.266 e. The summed E-state index contributed by atoms with van der Waals surface area (Å²) in [5.74, 6) is 0.393. The van der Waals surface area contributed by atoms with Gasteiger partial charge < -0.3 is 0 Å². The van der Waals surface area contributed by atoms with E-state index < -0.39 is 0 Å². The molecule has 2 aromatic rings. The molecule has 3 nitrogen and oxygen atoms in total. The molecule has 0 atom stereocenters. The van der Waals surface area contributed by atoms with Crippen LogP contribution in [0.3, 0.4) is 0 Å². The molecule has 0 aliphatic carbocycles. The molecule has 0 aromatic heterocycles. The van der Waals surface area contributed by atoms with Crippen LogP contribution >= 0.6 is 27.7 Å². The van der Waals surface area contributed by atoms with Gasteiger partial charge in [-0.05, 0) is 53.6 Å². The Morgan fingerprint density at radius 2 is 1.92 bits per heavy atom. The summed E-state index contributed by atoms with van der Waals surface area (Å²) in [7, 11) is 0. The monoisotopic (exact) mass is 414 g/mol. The van der Waals surface area contributed by atoms with Crippen molar-refractivity contribution in [3.8, 4) is 0 Å². The highest BCUT2D eigenvalue weighted by Gasteiger charge is 2.33. The summed E-state index contributed by atoms with van der Waals surface area (Å²) in [5, 5.41) is 0.742. The van der Waals surface area contributed by atoms with Crippen molar-refractivity contribution in [1.82, 2.24) is 4.90 Å². The van der Waals surface area contributed by atoms with E-state index in [9.17, 15) is 4.79 Å². The van der Waals surface area contributed by atoms with Gasteiger partial charge in [0.25, 0.3) is 5.91 Å². The number of para-hydroxylation sites is 1. The van der Waals surface area contributed by atoms with E-state index in [2.05, 4.69) is 34.8 Å². The van der Waals surface area contributed by atoms with Gasteiger partial charge in [0.15, 0.2) is 5.17 Å². The number of carbonyl (C=O) groups is 1. The van der Waals surface area contributed by atoms with Gasteiger partial charge in [0, 0.05) is 11.0 Å². The molecule has 0 radical (unpaired) electrons. The first-order valence-electron chi connectivity index (χ1n) is 8.13. The fourth-order valence-corrected chi connectivity index (χ4v) is 3.90. The Morgan fingerprint density at radius 3 is 2.60 bits per heavy atom. The number of hydrogen-bond acceptors (Lipinski definition) is 3. The second-order valence-corrected chi connectivity index (χ2v) is 8.13. The van der Waals surface area contributed by atoms with Crippen LogP contribution in [0.5, 0.6) is 0 Å². The third-order valence-electron chi connectivity index (χ3n) is 3.56. The number of thioether (sulfide) groups is 1. The number of hydrogen-bond donors (Lipinski definition) is 0. The minimum absolute atomic E-state index is 0.0216. The van der Waals surface area contributed by atoms with Gasteiger partial charge in [0.1, 0.15) is 0 Å². The predicted octanol–water partition coefficient (Wildman–Crippen LogP) is 5.71. The molecule has 1 aliphatic heterocycles. The summed E-state index contributed by atoms with van der Waals surface area (Å²) in [6.07, 6.45) is 1.93. The van der Waals surface area contributed by atoms with Crippen LogP contribution in [0, 0.1) is 5.92 Å². The van der Waals surface area contributed by atoms with Crippen LogP contribution < -0.4 is 0 Å². The van der Waals surface area contributed by atoms with Crippen LogP contribution in [0.2, 0.25) is 0 Å². The zero-order chi connectivity index (χ0) is 17.8. The molecule has 0 saturated carbocycles. The minimum atomic E-state index is 0.0216. The van der Waals surface area contributed by atoms with E-state index in [0.717, 1.165) is 20.9 Å². The lowest BCUT2D eigenvalue weighted by Crippen LogP contribution is -2.32. The third kappa shape index (κ3) is 4.61. The van der Waals surface area contributed by atoms with Crippen LogP contribution in [-0.4, -0.2) is 22.5 Å². The van der Waals surface area contributed by atoms with Crippen molar-refractivity contribution in [2.75, 3.05) is 6.54 Å². The molecule has 0 unspecified atom stereocenters. The van der Waals surface area contributed by atoms with Gasteiger partial charge in [-0.3, -0.25) is 9.69 Å². The SMILES string of the molecule is CC(C)CN1C(=O)/C(=C\c2cccc(Br)c2)SC1=Nc1ccccc1. The minimum Gasteiger partial charge on any atom is -0.286 e. The van der Waals surface area contributed by atoms with Crippen molar-refractivity contribution in [3.63, 3.8) is 0 Å². The highest BCUT2D eigenvalue weighted by molar-refractivity contribution is 9.10. The van der Waals surface area contributed by atoms with Gasteiger partial charge in [-0.25, -0.2) is 4.99 Å². The molecule has 0 bridgehead atoms. The zero-order valence-corrected chi connectivity index (χ0v) is 16.5.